The summed E-state index contributed by atoms with van der Waals surface area (Å²) >= 11 is 0. The Bertz CT molecular complexity index is 593. The Hall–Kier alpha value is -1.99. The van der Waals surface area contributed by atoms with Crippen LogP contribution in [0.15, 0.2) is 24.3 Å². The Labute approximate surface area is 169 Å². The molecule has 2 rings (SSSR count). The van der Waals surface area contributed by atoms with Crippen LogP contribution in [0.25, 0.3) is 0 Å². The van der Waals surface area contributed by atoms with Gasteiger partial charge in [0.2, 0.25) is 0 Å². The molecule has 0 atom stereocenters. The van der Waals surface area contributed by atoms with Crippen molar-refractivity contribution in [2.75, 3.05) is 71.5 Å². The molecule has 1 amide bonds. The van der Waals surface area contributed by atoms with Gasteiger partial charge in [0.05, 0.1) is 6.61 Å². The Morgan fingerprint density at radius 1 is 1.07 bits per heavy atom. The summed E-state index contributed by atoms with van der Waals surface area (Å²) in [6.45, 7) is 12.2. The quantitative estimate of drug-likeness (QED) is 0.633. The van der Waals surface area contributed by atoms with E-state index in [-0.39, 0.29) is 6.09 Å². The van der Waals surface area contributed by atoms with Gasteiger partial charge in [0.1, 0.15) is 18.0 Å². The molecule has 158 valence electrons. The molecular weight excluding hydrogens is 358 g/mol. The summed E-state index contributed by atoms with van der Waals surface area (Å²) in [7, 11) is 3.46. The third kappa shape index (κ3) is 7.56. The maximum atomic E-state index is 12.0. The third-order valence-electron chi connectivity index (χ3n) is 4.59. The molecule has 0 saturated carbocycles. The number of likely N-dealkylation sites (N-methyl/N-ethyl adjacent to an activating group) is 1. The van der Waals surface area contributed by atoms with E-state index in [4.69, 9.17) is 14.2 Å². The zero-order valence-electron chi connectivity index (χ0n) is 17.9. The number of rotatable bonds is 8. The lowest BCUT2D eigenvalue weighted by Crippen LogP contribution is -2.49. The number of nitrogens with zero attached hydrogens (tertiary/aromatic N) is 3. The van der Waals surface area contributed by atoms with Gasteiger partial charge in [-0.15, -0.1) is 0 Å². The first-order valence-electron chi connectivity index (χ1n) is 9.92. The van der Waals surface area contributed by atoms with E-state index < -0.39 is 5.60 Å². The van der Waals surface area contributed by atoms with Gasteiger partial charge >= 0.3 is 6.09 Å². The summed E-state index contributed by atoms with van der Waals surface area (Å²) in [4.78, 5) is 18.5. The molecule has 0 aliphatic carbocycles. The average Bonchev–Trinajstić information content (AvgIpc) is 2.66. The number of amides is 1. The smallest absolute Gasteiger partial charge is 0.410 e. The normalized spacial score (nSPS) is 15.4. The minimum atomic E-state index is -0.457. The van der Waals surface area contributed by atoms with Gasteiger partial charge in [-0.2, -0.15) is 0 Å². The zero-order chi connectivity index (χ0) is 20.6. The molecule has 0 unspecified atom stereocenters. The van der Waals surface area contributed by atoms with E-state index in [1.54, 1.807) is 19.1 Å². The van der Waals surface area contributed by atoms with Gasteiger partial charge in [0.15, 0.2) is 0 Å². The average molecular weight is 394 g/mol. The standard InChI is InChI=1S/C21H35N3O4/c1-21(2,3)28-20(25)22(4)10-11-23-12-14-24(15-13-23)18-6-8-19(9-7-18)27-17-16-26-5/h6-9H,10-17H2,1-5H3. The molecule has 0 radical (unpaired) electrons. The molecule has 1 aliphatic heterocycles. The molecule has 1 saturated heterocycles. The molecule has 1 aromatic rings. The van der Waals surface area contributed by atoms with Gasteiger partial charge in [-0.25, -0.2) is 4.79 Å². The lowest BCUT2D eigenvalue weighted by Gasteiger charge is -2.36. The van der Waals surface area contributed by atoms with Crippen molar-refractivity contribution >= 4 is 11.8 Å². The first-order chi connectivity index (χ1) is 13.3. The second-order valence-electron chi connectivity index (χ2n) is 8.07. The molecule has 0 spiro atoms. The number of methoxy groups -OCH3 is 1. The molecule has 1 fully saturated rings. The lowest BCUT2D eigenvalue weighted by molar-refractivity contribution is 0.0282. The Morgan fingerprint density at radius 2 is 1.71 bits per heavy atom. The first-order valence-corrected chi connectivity index (χ1v) is 9.92. The Morgan fingerprint density at radius 3 is 2.29 bits per heavy atom. The van der Waals surface area contributed by atoms with Crippen LogP contribution >= 0.6 is 0 Å². The minimum Gasteiger partial charge on any atom is -0.491 e. The fourth-order valence-electron chi connectivity index (χ4n) is 2.95. The van der Waals surface area contributed by atoms with E-state index >= 15 is 0 Å². The van der Waals surface area contributed by atoms with Crippen molar-refractivity contribution in [1.29, 1.82) is 0 Å². The van der Waals surface area contributed by atoms with Crippen LogP contribution in [0.1, 0.15) is 20.8 Å². The van der Waals surface area contributed by atoms with Gasteiger partial charge in [-0.3, -0.25) is 4.90 Å². The summed E-state index contributed by atoms with van der Waals surface area (Å²) in [6.07, 6.45) is -0.265. The van der Waals surface area contributed by atoms with Crippen LogP contribution in [0.2, 0.25) is 0 Å². The fraction of sp³-hybridized carbons (Fsp3) is 0.667. The van der Waals surface area contributed by atoms with E-state index in [0.29, 0.717) is 19.8 Å². The first kappa shape index (κ1) is 22.3. The molecule has 28 heavy (non-hydrogen) atoms. The van der Waals surface area contributed by atoms with Crippen molar-refractivity contribution in [3.8, 4) is 5.75 Å². The van der Waals surface area contributed by atoms with E-state index in [0.717, 1.165) is 38.5 Å². The van der Waals surface area contributed by atoms with Crippen LogP contribution in [0.3, 0.4) is 0 Å². The topological polar surface area (TPSA) is 54.5 Å². The SMILES string of the molecule is COCCOc1ccc(N2CCN(CCN(C)C(=O)OC(C)(C)C)CC2)cc1. The number of ether oxygens (including phenoxy) is 3. The van der Waals surface area contributed by atoms with Crippen molar-refractivity contribution in [2.24, 2.45) is 0 Å². The molecule has 1 aliphatic rings. The number of hydrogen-bond donors (Lipinski definition) is 0. The van der Waals surface area contributed by atoms with E-state index in [9.17, 15) is 4.79 Å². The van der Waals surface area contributed by atoms with Crippen molar-refractivity contribution in [1.82, 2.24) is 9.80 Å². The number of anilines is 1. The monoisotopic (exact) mass is 393 g/mol. The lowest BCUT2D eigenvalue weighted by atomic mass is 10.2. The summed E-state index contributed by atoms with van der Waals surface area (Å²) in [5, 5.41) is 0. The Balaban J connectivity index is 1.71. The number of benzene rings is 1. The highest BCUT2D eigenvalue weighted by Gasteiger charge is 2.21. The molecule has 0 aromatic heterocycles. The van der Waals surface area contributed by atoms with Gasteiger partial charge in [-0.1, -0.05) is 0 Å². The molecular formula is C21H35N3O4. The highest BCUT2D eigenvalue weighted by Crippen LogP contribution is 2.21. The van der Waals surface area contributed by atoms with Gasteiger partial charge in [0.25, 0.3) is 0 Å². The van der Waals surface area contributed by atoms with Crippen molar-refractivity contribution in [3.63, 3.8) is 0 Å². The van der Waals surface area contributed by atoms with E-state index in [1.165, 1.54) is 5.69 Å². The van der Waals surface area contributed by atoms with E-state index in [1.807, 2.05) is 32.9 Å². The van der Waals surface area contributed by atoms with Crippen LogP contribution in [-0.2, 0) is 9.47 Å². The zero-order valence-corrected chi connectivity index (χ0v) is 17.9. The minimum absolute atomic E-state index is 0.265. The van der Waals surface area contributed by atoms with Crippen molar-refractivity contribution < 1.29 is 19.0 Å². The van der Waals surface area contributed by atoms with Crippen molar-refractivity contribution in [3.05, 3.63) is 24.3 Å². The van der Waals surface area contributed by atoms with Gasteiger partial charge in [-0.05, 0) is 45.0 Å². The number of carbonyl (C=O) groups is 1. The summed E-state index contributed by atoms with van der Waals surface area (Å²) in [5.41, 5.74) is 0.756. The van der Waals surface area contributed by atoms with Crippen LogP contribution < -0.4 is 9.64 Å². The summed E-state index contributed by atoms with van der Waals surface area (Å²) in [5.74, 6) is 0.865. The van der Waals surface area contributed by atoms with Crippen LogP contribution in [0, 0.1) is 0 Å². The molecule has 1 heterocycles. The summed E-state index contributed by atoms with van der Waals surface area (Å²) in [6, 6.07) is 8.22. The van der Waals surface area contributed by atoms with Gasteiger partial charge < -0.3 is 24.0 Å². The van der Waals surface area contributed by atoms with E-state index in [2.05, 4.69) is 21.9 Å². The molecule has 7 nitrogen and oxygen atoms in total. The number of carbonyl (C=O) groups excluding carboxylic acids is 1. The maximum Gasteiger partial charge on any atom is 0.410 e. The predicted octanol–water partition coefficient (Wildman–Crippen LogP) is 2.70. The molecule has 0 bridgehead atoms. The third-order valence-corrected chi connectivity index (χ3v) is 4.59. The largest absolute Gasteiger partial charge is 0.491 e. The summed E-state index contributed by atoms with van der Waals surface area (Å²) < 4.78 is 16.0. The molecule has 0 N–H and O–H groups in total. The maximum absolute atomic E-state index is 12.0. The highest BCUT2D eigenvalue weighted by atomic mass is 16.6. The highest BCUT2D eigenvalue weighted by molar-refractivity contribution is 5.67. The number of hydrogen-bond acceptors (Lipinski definition) is 6. The Kier molecular flexibility index (Phi) is 8.38. The fourth-order valence-corrected chi connectivity index (χ4v) is 2.95. The second-order valence-corrected chi connectivity index (χ2v) is 8.07. The van der Waals surface area contributed by atoms with Crippen molar-refractivity contribution in [2.45, 2.75) is 26.4 Å². The second kappa shape index (κ2) is 10.5. The molecule has 1 aromatic carbocycles. The van der Waals surface area contributed by atoms with Crippen LogP contribution in [0.4, 0.5) is 10.5 Å². The predicted molar refractivity (Wildman–Crippen MR) is 111 cm³/mol. The van der Waals surface area contributed by atoms with Crippen LogP contribution in [-0.4, -0.2) is 88.1 Å². The van der Waals surface area contributed by atoms with Crippen LogP contribution in [0.5, 0.6) is 5.75 Å². The molecule has 7 heteroatoms. The number of piperazine rings is 1. The van der Waals surface area contributed by atoms with Gasteiger partial charge in [0, 0.05) is 59.1 Å².